The molecule has 1 aromatic heterocycles. The van der Waals surface area contributed by atoms with Gasteiger partial charge in [0.1, 0.15) is 23.2 Å². The Bertz CT molecular complexity index is 634. The molecule has 0 aliphatic rings. The second kappa shape index (κ2) is 6.17. The zero-order valence-corrected chi connectivity index (χ0v) is 13.1. The van der Waals surface area contributed by atoms with Gasteiger partial charge in [0.2, 0.25) is 5.88 Å². The molecule has 0 fully saturated rings. The van der Waals surface area contributed by atoms with Crippen LogP contribution in [0.1, 0.15) is 18.3 Å². The van der Waals surface area contributed by atoms with Crippen LogP contribution < -0.4 is 10.1 Å². The highest BCUT2D eigenvalue weighted by Gasteiger charge is 2.13. The number of hydrogen-bond acceptors (Lipinski definition) is 4. The number of rotatable bonds is 4. The van der Waals surface area contributed by atoms with Crippen molar-refractivity contribution in [2.75, 3.05) is 12.4 Å². The van der Waals surface area contributed by atoms with Gasteiger partial charge in [-0.05, 0) is 35.0 Å². The molecule has 0 amide bonds. The molecule has 1 heterocycles. The van der Waals surface area contributed by atoms with Crippen molar-refractivity contribution in [1.29, 1.82) is 0 Å². The van der Waals surface area contributed by atoms with Gasteiger partial charge in [0, 0.05) is 19.5 Å². The predicted octanol–water partition coefficient (Wildman–Crippen LogP) is 4.08. The third-order valence-corrected chi connectivity index (χ3v) is 3.46. The summed E-state index contributed by atoms with van der Waals surface area (Å²) >= 11 is 3.33. The molecule has 0 radical (unpaired) electrons. The van der Waals surface area contributed by atoms with Crippen molar-refractivity contribution in [3.63, 3.8) is 0 Å². The number of benzene rings is 1. The molecule has 1 aromatic carbocycles. The summed E-state index contributed by atoms with van der Waals surface area (Å²) in [6.45, 7) is 3.82. The molecular weight excluding hydrogens is 325 g/mol. The lowest BCUT2D eigenvalue weighted by Gasteiger charge is -2.13. The van der Waals surface area contributed by atoms with E-state index in [2.05, 4.69) is 31.2 Å². The first kappa shape index (κ1) is 14.7. The van der Waals surface area contributed by atoms with Gasteiger partial charge in [-0.3, -0.25) is 0 Å². The largest absolute Gasteiger partial charge is 0.437 e. The Labute approximate surface area is 125 Å². The van der Waals surface area contributed by atoms with E-state index in [-0.39, 0.29) is 5.82 Å². The highest BCUT2D eigenvalue weighted by molar-refractivity contribution is 9.10. The van der Waals surface area contributed by atoms with Gasteiger partial charge in [-0.15, -0.1) is 0 Å². The lowest BCUT2D eigenvalue weighted by atomic mass is 10.3. The summed E-state index contributed by atoms with van der Waals surface area (Å²) in [4.78, 5) is 8.71. The minimum absolute atomic E-state index is 0.362. The van der Waals surface area contributed by atoms with Crippen molar-refractivity contribution in [3.8, 4) is 11.6 Å². The SMILES string of the molecule is CCc1nc(NC)c(C)c(Oc2cc(F)ccc2Br)n1. The van der Waals surface area contributed by atoms with Crippen LogP contribution in [0.4, 0.5) is 10.2 Å². The Morgan fingerprint density at radius 3 is 2.75 bits per heavy atom. The number of halogens is 2. The first-order valence-corrected chi connectivity index (χ1v) is 7.02. The number of anilines is 1. The summed E-state index contributed by atoms with van der Waals surface area (Å²) in [7, 11) is 1.79. The Morgan fingerprint density at radius 1 is 1.35 bits per heavy atom. The minimum Gasteiger partial charge on any atom is -0.437 e. The van der Waals surface area contributed by atoms with E-state index in [0.717, 1.165) is 5.56 Å². The first-order chi connectivity index (χ1) is 9.55. The van der Waals surface area contributed by atoms with E-state index in [0.29, 0.717) is 34.2 Å². The van der Waals surface area contributed by atoms with E-state index in [1.165, 1.54) is 12.1 Å². The second-order valence-corrected chi connectivity index (χ2v) is 5.05. The molecule has 0 unspecified atom stereocenters. The summed E-state index contributed by atoms with van der Waals surface area (Å²) < 4.78 is 19.7. The average molecular weight is 340 g/mol. The Hall–Kier alpha value is -1.69. The van der Waals surface area contributed by atoms with Gasteiger partial charge in [-0.1, -0.05) is 6.92 Å². The Kier molecular flexibility index (Phi) is 4.54. The maximum atomic E-state index is 13.3. The summed E-state index contributed by atoms with van der Waals surface area (Å²) in [6.07, 6.45) is 0.690. The number of aromatic nitrogens is 2. The van der Waals surface area contributed by atoms with Crippen LogP contribution in [0.2, 0.25) is 0 Å². The Morgan fingerprint density at radius 2 is 2.10 bits per heavy atom. The van der Waals surface area contributed by atoms with E-state index in [1.54, 1.807) is 13.1 Å². The number of nitrogens with zero attached hydrogens (tertiary/aromatic N) is 2. The molecule has 106 valence electrons. The summed E-state index contributed by atoms with van der Waals surface area (Å²) in [6, 6.07) is 4.28. The maximum Gasteiger partial charge on any atom is 0.227 e. The summed E-state index contributed by atoms with van der Waals surface area (Å²) in [5.74, 6) is 1.82. The quantitative estimate of drug-likeness (QED) is 0.911. The second-order valence-electron chi connectivity index (χ2n) is 4.20. The van der Waals surface area contributed by atoms with Crippen LogP contribution in [0.25, 0.3) is 0 Å². The van der Waals surface area contributed by atoms with Crippen molar-refractivity contribution < 1.29 is 9.13 Å². The molecule has 2 aromatic rings. The van der Waals surface area contributed by atoms with Crippen molar-refractivity contribution in [2.24, 2.45) is 0 Å². The molecule has 6 heteroatoms. The number of ether oxygens (including phenoxy) is 1. The molecule has 0 saturated heterocycles. The van der Waals surface area contributed by atoms with Crippen LogP contribution in [0, 0.1) is 12.7 Å². The molecule has 0 aliphatic carbocycles. The van der Waals surface area contributed by atoms with Gasteiger partial charge in [0.15, 0.2) is 0 Å². The Balaban J connectivity index is 2.44. The lowest BCUT2D eigenvalue weighted by Crippen LogP contribution is -2.05. The fraction of sp³-hybridized carbons (Fsp3) is 0.286. The van der Waals surface area contributed by atoms with Crippen molar-refractivity contribution >= 4 is 21.7 Å². The fourth-order valence-electron chi connectivity index (χ4n) is 1.70. The molecule has 0 bridgehead atoms. The normalized spacial score (nSPS) is 10.4. The zero-order chi connectivity index (χ0) is 14.7. The van der Waals surface area contributed by atoms with Crippen LogP contribution in [-0.4, -0.2) is 17.0 Å². The van der Waals surface area contributed by atoms with Crippen LogP contribution in [0.15, 0.2) is 22.7 Å². The van der Waals surface area contributed by atoms with Gasteiger partial charge in [-0.25, -0.2) is 9.37 Å². The van der Waals surface area contributed by atoms with Crippen LogP contribution >= 0.6 is 15.9 Å². The van der Waals surface area contributed by atoms with E-state index < -0.39 is 0 Å². The van der Waals surface area contributed by atoms with E-state index >= 15 is 0 Å². The van der Waals surface area contributed by atoms with Gasteiger partial charge in [0.05, 0.1) is 10.0 Å². The number of aryl methyl sites for hydroxylation is 1. The molecule has 0 aliphatic heterocycles. The van der Waals surface area contributed by atoms with Gasteiger partial charge in [-0.2, -0.15) is 4.98 Å². The molecule has 0 saturated carbocycles. The lowest BCUT2D eigenvalue weighted by molar-refractivity contribution is 0.448. The van der Waals surface area contributed by atoms with Crippen molar-refractivity contribution in [1.82, 2.24) is 9.97 Å². The highest BCUT2D eigenvalue weighted by atomic mass is 79.9. The molecule has 0 spiro atoms. The monoisotopic (exact) mass is 339 g/mol. The summed E-state index contributed by atoms with van der Waals surface area (Å²) in [5.41, 5.74) is 0.779. The van der Waals surface area contributed by atoms with Crippen molar-refractivity contribution in [3.05, 3.63) is 39.9 Å². The fourth-order valence-corrected chi connectivity index (χ4v) is 2.03. The zero-order valence-electron chi connectivity index (χ0n) is 11.5. The molecule has 0 atom stereocenters. The van der Waals surface area contributed by atoms with E-state index in [1.807, 2.05) is 13.8 Å². The van der Waals surface area contributed by atoms with Gasteiger partial charge < -0.3 is 10.1 Å². The number of hydrogen-bond donors (Lipinski definition) is 1. The van der Waals surface area contributed by atoms with Crippen LogP contribution in [-0.2, 0) is 6.42 Å². The minimum atomic E-state index is -0.362. The first-order valence-electron chi connectivity index (χ1n) is 6.23. The predicted molar refractivity (Wildman–Crippen MR) is 79.9 cm³/mol. The molecular formula is C14H15BrFN3O. The third kappa shape index (κ3) is 3.07. The average Bonchev–Trinajstić information content (AvgIpc) is 2.45. The summed E-state index contributed by atoms with van der Waals surface area (Å²) in [5, 5.41) is 3.01. The topological polar surface area (TPSA) is 47.0 Å². The third-order valence-electron chi connectivity index (χ3n) is 2.80. The molecule has 20 heavy (non-hydrogen) atoms. The van der Waals surface area contributed by atoms with Gasteiger partial charge in [0.25, 0.3) is 0 Å². The maximum absolute atomic E-state index is 13.3. The van der Waals surface area contributed by atoms with Crippen molar-refractivity contribution in [2.45, 2.75) is 20.3 Å². The molecule has 4 nitrogen and oxygen atoms in total. The van der Waals surface area contributed by atoms with Crippen LogP contribution in [0.3, 0.4) is 0 Å². The molecule has 1 N–H and O–H groups in total. The molecule has 2 rings (SSSR count). The van der Waals surface area contributed by atoms with E-state index in [9.17, 15) is 4.39 Å². The highest BCUT2D eigenvalue weighted by Crippen LogP contribution is 2.32. The standard InChI is InChI=1S/C14H15BrFN3O/c1-4-12-18-13(17-3)8(2)14(19-12)20-11-7-9(16)5-6-10(11)15/h5-7H,4H2,1-3H3,(H,17,18,19). The van der Waals surface area contributed by atoms with E-state index in [4.69, 9.17) is 4.74 Å². The number of nitrogens with one attached hydrogen (secondary N) is 1. The van der Waals surface area contributed by atoms with Crippen LogP contribution in [0.5, 0.6) is 11.6 Å². The van der Waals surface area contributed by atoms with Gasteiger partial charge >= 0.3 is 0 Å². The smallest absolute Gasteiger partial charge is 0.227 e.